The third-order valence-electron chi connectivity index (χ3n) is 5.02. The van der Waals surface area contributed by atoms with E-state index in [0.29, 0.717) is 37.7 Å². The van der Waals surface area contributed by atoms with E-state index in [1.165, 1.54) is 0 Å². The highest BCUT2D eigenvalue weighted by molar-refractivity contribution is 7.88. The van der Waals surface area contributed by atoms with Crippen LogP contribution in [0.15, 0.2) is 6.07 Å². The fourth-order valence-corrected chi connectivity index (χ4v) is 4.45. The molecule has 1 saturated heterocycles. The summed E-state index contributed by atoms with van der Waals surface area (Å²) in [5.74, 6) is 0.452. The molecule has 9 nitrogen and oxygen atoms in total. The number of sulfonamides is 1. The molecule has 0 unspecified atom stereocenters. The predicted octanol–water partition coefficient (Wildman–Crippen LogP) is 0.0117. The number of anilines is 1. The van der Waals surface area contributed by atoms with E-state index in [0.717, 1.165) is 29.1 Å². The molecule has 10 heteroatoms. The van der Waals surface area contributed by atoms with Crippen molar-refractivity contribution in [2.45, 2.75) is 38.6 Å². The molecule has 1 aromatic heterocycles. The lowest BCUT2D eigenvalue weighted by Crippen LogP contribution is -2.56. The minimum absolute atomic E-state index is 0.315. The summed E-state index contributed by atoms with van der Waals surface area (Å²) in [6.45, 7) is 2.57. The number of hydrogen-bond acceptors (Lipinski definition) is 5. The third kappa shape index (κ3) is 4.67. The van der Waals surface area contributed by atoms with Gasteiger partial charge in [0.1, 0.15) is 11.9 Å². The first-order chi connectivity index (χ1) is 12.7. The Kier molecular flexibility index (Phi) is 5.57. The molecule has 150 valence electrons. The number of hydrogen-bond donors (Lipinski definition) is 1. The average molecular weight is 398 g/mol. The van der Waals surface area contributed by atoms with E-state index in [1.807, 2.05) is 6.92 Å². The quantitative estimate of drug-likeness (QED) is 0.698. The lowest BCUT2D eigenvalue weighted by atomic mass is 10.0. The zero-order valence-corrected chi connectivity index (χ0v) is 16.8. The van der Waals surface area contributed by atoms with Gasteiger partial charge in [-0.25, -0.2) is 8.42 Å². The second-order valence-electron chi connectivity index (χ2n) is 7.47. The van der Waals surface area contributed by atoms with Crippen LogP contribution < -0.4 is 10.2 Å². The minimum Gasteiger partial charge on any atom is -0.355 e. The molecule has 1 saturated carbocycles. The van der Waals surface area contributed by atoms with E-state index in [9.17, 15) is 18.0 Å². The molecule has 3 rings (SSSR count). The molecular formula is C17H27N5O4S. The molecule has 0 bridgehead atoms. The van der Waals surface area contributed by atoms with Crippen molar-refractivity contribution in [3.8, 4) is 0 Å². The zero-order valence-electron chi connectivity index (χ0n) is 16.0. The standard InChI is InChI=1S/C17H27N5O4S/c1-12-9-16(20(2)19-12)21-8-4-5-14(17(21)24)22(27(3,25)26)11-15(23)18-10-13-6-7-13/h9,13-14H,4-8,10-11H2,1-3H3,(H,18,23)/t14-/m1/s1. The first-order valence-corrected chi connectivity index (χ1v) is 11.1. The molecule has 2 heterocycles. The van der Waals surface area contributed by atoms with Gasteiger partial charge in [0, 0.05) is 26.2 Å². The summed E-state index contributed by atoms with van der Waals surface area (Å²) in [4.78, 5) is 26.9. The fourth-order valence-electron chi connectivity index (χ4n) is 3.44. The summed E-state index contributed by atoms with van der Waals surface area (Å²) in [5, 5.41) is 7.03. The molecule has 1 N–H and O–H groups in total. The van der Waals surface area contributed by atoms with Crippen LogP contribution in [0.4, 0.5) is 5.82 Å². The van der Waals surface area contributed by atoms with Crippen molar-refractivity contribution in [1.82, 2.24) is 19.4 Å². The predicted molar refractivity (Wildman–Crippen MR) is 101 cm³/mol. The van der Waals surface area contributed by atoms with E-state index in [2.05, 4.69) is 10.4 Å². The summed E-state index contributed by atoms with van der Waals surface area (Å²) in [7, 11) is -1.97. The number of carbonyl (C=O) groups is 2. The molecule has 1 atom stereocenters. The minimum atomic E-state index is -3.72. The molecule has 2 amide bonds. The SMILES string of the molecule is Cc1cc(N2CCC[C@@H](N(CC(=O)NCC3CC3)S(C)(=O)=O)C2=O)n(C)n1. The van der Waals surface area contributed by atoms with E-state index >= 15 is 0 Å². The number of amides is 2. The van der Waals surface area contributed by atoms with Crippen molar-refractivity contribution in [2.24, 2.45) is 13.0 Å². The number of aryl methyl sites for hydroxylation is 2. The first-order valence-electron chi connectivity index (χ1n) is 9.22. The maximum Gasteiger partial charge on any atom is 0.246 e. The van der Waals surface area contributed by atoms with Crippen LogP contribution >= 0.6 is 0 Å². The van der Waals surface area contributed by atoms with E-state index in [-0.39, 0.29) is 18.4 Å². The van der Waals surface area contributed by atoms with Gasteiger partial charge in [0.25, 0.3) is 0 Å². The van der Waals surface area contributed by atoms with Gasteiger partial charge >= 0.3 is 0 Å². The highest BCUT2D eigenvalue weighted by Crippen LogP contribution is 2.28. The Morgan fingerprint density at radius 2 is 2.07 bits per heavy atom. The van der Waals surface area contributed by atoms with Crippen LogP contribution in [0.3, 0.4) is 0 Å². The van der Waals surface area contributed by atoms with Gasteiger partial charge < -0.3 is 5.32 Å². The number of piperidine rings is 1. The molecule has 1 aromatic rings. The van der Waals surface area contributed by atoms with Gasteiger partial charge in [-0.3, -0.25) is 19.2 Å². The lowest BCUT2D eigenvalue weighted by Gasteiger charge is -2.36. The number of nitrogens with zero attached hydrogens (tertiary/aromatic N) is 4. The van der Waals surface area contributed by atoms with Crippen LogP contribution in [0, 0.1) is 12.8 Å². The molecule has 0 radical (unpaired) electrons. The monoisotopic (exact) mass is 397 g/mol. The largest absolute Gasteiger partial charge is 0.355 e. The first kappa shape index (κ1) is 19.8. The summed E-state index contributed by atoms with van der Waals surface area (Å²) in [6.07, 6.45) is 4.28. The van der Waals surface area contributed by atoms with Crippen molar-refractivity contribution in [1.29, 1.82) is 0 Å². The molecule has 1 aliphatic heterocycles. The number of nitrogens with one attached hydrogen (secondary N) is 1. The summed E-state index contributed by atoms with van der Waals surface area (Å²) >= 11 is 0. The third-order valence-corrected chi connectivity index (χ3v) is 6.26. The molecule has 1 aliphatic carbocycles. The fraction of sp³-hybridized carbons (Fsp3) is 0.706. The van der Waals surface area contributed by atoms with E-state index < -0.39 is 16.1 Å². The van der Waals surface area contributed by atoms with Crippen LogP contribution in [0.25, 0.3) is 0 Å². The Bertz CT molecular complexity index is 830. The zero-order chi connectivity index (χ0) is 19.8. The van der Waals surface area contributed by atoms with Crippen LogP contribution in [0.1, 0.15) is 31.4 Å². The molecule has 2 fully saturated rings. The van der Waals surface area contributed by atoms with Crippen LogP contribution in [0.5, 0.6) is 0 Å². The van der Waals surface area contributed by atoms with Crippen LogP contribution in [0.2, 0.25) is 0 Å². The lowest BCUT2D eigenvalue weighted by molar-refractivity contribution is -0.125. The topological polar surface area (TPSA) is 105 Å². The van der Waals surface area contributed by atoms with Gasteiger partial charge in [0.15, 0.2) is 0 Å². The molecule has 0 spiro atoms. The van der Waals surface area contributed by atoms with Crippen molar-refractivity contribution in [3.63, 3.8) is 0 Å². The van der Waals surface area contributed by atoms with Crippen molar-refractivity contribution in [2.75, 3.05) is 30.8 Å². The number of carbonyl (C=O) groups excluding carboxylic acids is 2. The maximum absolute atomic E-state index is 13.1. The maximum atomic E-state index is 13.1. The van der Waals surface area contributed by atoms with E-state index in [1.54, 1.807) is 22.7 Å². The van der Waals surface area contributed by atoms with Crippen molar-refractivity contribution in [3.05, 3.63) is 11.8 Å². The highest BCUT2D eigenvalue weighted by Gasteiger charge is 2.40. The Hall–Kier alpha value is -1.94. The van der Waals surface area contributed by atoms with Crippen LogP contribution in [-0.4, -0.2) is 66.2 Å². The summed E-state index contributed by atoms with van der Waals surface area (Å²) in [5.41, 5.74) is 0.779. The average Bonchev–Trinajstić information content (AvgIpc) is 3.34. The normalized spacial score (nSPS) is 21.0. The van der Waals surface area contributed by atoms with Crippen molar-refractivity contribution >= 4 is 27.7 Å². The van der Waals surface area contributed by atoms with E-state index in [4.69, 9.17) is 0 Å². The van der Waals surface area contributed by atoms with Gasteiger partial charge in [0.2, 0.25) is 21.8 Å². The Morgan fingerprint density at radius 3 is 2.63 bits per heavy atom. The smallest absolute Gasteiger partial charge is 0.246 e. The van der Waals surface area contributed by atoms with Gasteiger partial charge in [-0.2, -0.15) is 9.40 Å². The summed E-state index contributed by atoms with van der Waals surface area (Å²) < 4.78 is 27.3. The number of aromatic nitrogens is 2. The summed E-state index contributed by atoms with van der Waals surface area (Å²) in [6, 6.07) is 0.920. The van der Waals surface area contributed by atoms with Crippen molar-refractivity contribution < 1.29 is 18.0 Å². The molecule has 2 aliphatic rings. The molecule has 0 aromatic carbocycles. The van der Waals surface area contributed by atoms with Gasteiger partial charge in [-0.15, -0.1) is 0 Å². The molecular weight excluding hydrogens is 370 g/mol. The Morgan fingerprint density at radius 1 is 1.37 bits per heavy atom. The van der Waals surface area contributed by atoms with Gasteiger partial charge in [-0.05, 0) is 38.5 Å². The van der Waals surface area contributed by atoms with Gasteiger partial charge in [0.05, 0.1) is 18.5 Å². The Labute approximate surface area is 159 Å². The highest BCUT2D eigenvalue weighted by atomic mass is 32.2. The second kappa shape index (κ2) is 7.59. The van der Waals surface area contributed by atoms with Crippen LogP contribution in [-0.2, 0) is 26.7 Å². The Balaban J connectivity index is 1.77. The second-order valence-corrected chi connectivity index (χ2v) is 9.41. The van der Waals surface area contributed by atoms with Gasteiger partial charge in [-0.1, -0.05) is 0 Å². The number of rotatable bonds is 7. The molecule has 27 heavy (non-hydrogen) atoms.